The molecule has 12 heavy (non-hydrogen) atoms. The van der Waals surface area contributed by atoms with Crippen LogP contribution >= 0.6 is 0 Å². The van der Waals surface area contributed by atoms with Gasteiger partial charge >= 0.3 is 0 Å². The molecule has 1 heterocycles. The first-order chi connectivity index (χ1) is 5.72. The minimum atomic E-state index is 0.481. The third kappa shape index (κ3) is 3.11. The Morgan fingerprint density at radius 1 is 1.42 bits per heavy atom. The van der Waals surface area contributed by atoms with Crippen LogP contribution in [0.4, 0.5) is 0 Å². The number of hydrogen-bond donors (Lipinski definition) is 0. The van der Waals surface area contributed by atoms with Gasteiger partial charge in [0.25, 0.3) is 0 Å². The van der Waals surface area contributed by atoms with Gasteiger partial charge in [-0.2, -0.15) is 0 Å². The van der Waals surface area contributed by atoms with E-state index in [0.717, 1.165) is 13.1 Å². The lowest BCUT2D eigenvalue weighted by Gasteiger charge is -2.30. The number of rotatable bonds is 3. The third-order valence-corrected chi connectivity index (χ3v) is 2.62. The number of hydrogen-bond acceptors (Lipinski definition) is 2. The van der Waals surface area contributed by atoms with Crippen molar-refractivity contribution < 1.29 is 4.74 Å². The van der Waals surface area contributed by atoms with E-state index in [1.54, 1.807) is 0 Å². The van der Waals surface area contributed by atoms with Crippen LogP contribution < -0.4 is 0 Å². The zero-order chi connectivity index (χ0) is 8.97. The van der Waals surface area contributed by atoms with Crippen molar-refractivity contribution in [3.05, 3.63) is 0 Å². The smallest absolute Gasteiger partial charge is 0.0705 e. The molecule has 0 aromatic rings. The van der Waals surface area contributed by atoms with Crippen molar-refractivity contribution in [2.45, 2.75) is 45.3 Å². The molecule has 1 saturated heterocycles. The number of nitrogens with zero attached hydrogens (tertiary/aromatic N) is 1. The fraction of sp³-hybridized carbons (Fsp3) is 1.00. The summed E-state index contributed by atoms with van der Waals surface area (Å²) in [6.07, 6.45) is 4.79. The largest absolute Gasteiger partial charge is 0.374 e. The van der Waals surface area contributed by atoms with Crippen LogP contribution in [0.1, 0.15) is 33.1 Å². The lowest BCUT2D eigenvalue weighted by atomic mass is 10.0. The number of ether oxygens (including phenoxy) is 1. The molecule has 1 aliphatic heterocycles. The summed E-state index contributed by atoms with van der Waals surface area (Å²) in [5.41, 5.74) is 0. The molecule has 2 nitrogen and oxygen atoms in total. The van der Waals surface area contributed by atoms with Crippen LogP contribution in [-0.2, 0) is 4.74 Å². The summed E-state index contributed by atoms with van der Waals surface area (Å²) < 4.78 is 5.82. The molecule has 2 atom stereocenters. The molecule has 1 fully saturated rings. The fourth-order valence-electron chi connectivity index (χ4n) is 1.71. The van der Waals surface area contributed by atoms with Gasteiger partial charge in [-0.3, -0.25) is 0 Å². The van der Waals surface area contributed by atoms with E-state index in [2.05, 4.69) is 25.8 Å². The molecule has 0 N–H and O–H groups in total. The van der Waals surface area contributed by atoms with Gasteiger partial charge in [-0.25, -0.2) is 0 Å². The molecule has 0 bridgehead atoms. The standard InChI is InChI=1S/C10H21NO/c1-4-11(3)8-10-7-5-6-9(2)12-10/h9-10H,4-8H2,1-3H3. The minimum absolute atomic E-state index is 0.481. The molecular weight excluding hydrogens is 150 g/mol. The molecule has 0 amide bonds. The van der Waals surface area contributed by atoms with E-state index in [4.69, 9.17) is 4.74 Å². The second kappa shape index (κ2) is 4.83. The molecular formula is C10H21NO. The van der Waals surface area contributed by atoms with E-state index in [-0.39, 0.29) is 0 Å². The van der Waals surface area contributed by atoms with Crippen LogP contribution in [0.15, 0.2) is 0 Å². The van der Waals surface area contributed by atoms with Gasteiger partial charge in [0.2, 0.25) is 0 Å². The van der Waals surface area contributed by atoms with E-state index in [1.165, 1.54) is 19.3 Å². The maximum absolute atomic E-state index is 5.82. The summed E-state index contributed by atoms with van der Waals surface area (Å²) in [4.78, 5) is 2.32. The maximum atomic E-state index is 5.82. The van der Waals surface area contributed by atoms with Crippen molar-refractivity contribution in [3.63, 3.8) is 0 Å². The molecule has 0 spiro atoms. The van der Waals surface area contributed by atoms with Gasteiger partial charge in [-0.1, -0.05) is 6.92 Å². The molecule has 0 aliphatic carbocycles. The first-order valence-corrected chi connectivity index (χ1v) is 5.06. The van der Waals surface area contributed by atoms with Crippen LogP contribution in [0, 0.1) is 0 Å². The Morgan fingerprint density at radius 2 is 2.17 bits per heavy atom. The monoisotopic (exact) mass is 171 g/mol. The lowest BCUT2D eigenvalue weighted by Crippen LogP contribution is -2.35. The second-order valence-electron chi connectivity index (χ2n) is 3.85. The highest BCUT2D eigenvalue weighted by Gasteiger charge is 2.19. The van der Waals surface area contributed by atoms with Gasteiger partial charge in [0.15, 0.2) is 0 Å². The van der Waals surface area contributed by atoms with Crippen LogP contribution in [-0.4, -0.2) is 37.2 Å². The molecule has 2 unspecified atom stereocenters. The van der Waals surface area contributed by atoms with Crippen molar-refractivity contribution in [2.24, 2.45) is 0 Å². The van der Waals surface area contributed by atoms with E-state index in [9.17, 15) is 0 Å². The summed E-state index contributed by atoms with van der Waals surface area (Å²) in [5, 5.41) is 0. The van der Waals surface area contributed by atoms with Crippen LogP contribution in [0.3, 0.4) is 0 Å². The van der Waals surface area contributed by atoms with Crippen molar-refractivity contribution in [1.82, 2.24) is 4.90 Å². The van der Waals surface area contributed by atoms with E-state index in [0.29, 0.717) is 12.2 Å². The van der Waals surface area contributed by atoms with Gasteiger partial charge in [0.05, 0.1) is 12.2 Å². The average molecular weight is 171 g/mol. The quantitative estimate of drug-likeness (QED) is 0.643. The minimum Gasteiger partial charge on any atom is -0.374 e. The molecule has 0 saturated carbocycles. The Hall–Kier alpha value is -0.0800. The van der Waals surface area contributed by atoms with E-state index in [1.807, 2.05) is 0 Å². The Morgan fingerprint density at radius 3 is 2.75 bits per heavy atom. The van der Waals surface area contributed by atoms with Gasteiger partial charge in [-0.15, -0.1) is 0 Å². The molecule has 72 valence electrons. The highest BCUT2D eigenvalue weighted by Crippen LogP contribution is 2.18. The van der Waals surface area contributed by atoms with Gasteiger partial charge in [-0.05, 0) is 39.8 Å². The topological polar surface area (TPSA) is 12.5 Å². The Bertz CT molecular complexity index is 127. The predicted molar refractivity (Wildman–Crippen MR) is 51.4 cm³/mol. The van der Waals surface area contributed by atoms with Crippen LogP contribution in [0.2, 0.25) is 0 Å². The highest BCUT2D eigenvalue weighted by molar-refractivity contribution is 4.70. The molecule has 1 aliphatic rings. The first-order valence-electron chi connectivity index (χ1n) is 5.06. The Labute approximate surface area is 75.9 Å². The second-order valence-corrected chi connectivity index (χ2v) is 3.85. The average Bonchev–Trinajstić information content (AvgIpc) is 2.04. The third-order valence-electron chi connectivity index (χ3n) is 2.62. The number of likely N-dealkylation sites (N-methyl/N-ethyl adjacent to an activating group) is 1. The van der Waals surface area contributed by atoms with Crippen molar-refractivity contribution in [3.8, 4) is 0 Å². The molecule has 0 radical (unpaired) electrons. The SMILES string of the molecule is CCN(C)CC1CCCC(C)O1. The predicted octanol–water partition coefficient (Wildman–Crippen LogP) is 1.90. The van der Waals surface area contributed by atoms with E-state index < -0.39 is 0 Å². The van der Waals surface area contributed by atoms with Gasteiger partial charge in [0.1, 0.15) is 0 Å². The highest BCUT2D eigenvalue weighted by atomic mass is 16.5. The van der Waals surface area contributed by atoms with Crippen LogP contribution in [0.25, 0.3) is 0 Å². The van der Waals surface area contributed by atoms with Crippen LogP contribution in [0.5, 0.6) is 0 Å². The first kappa shape index (κ1) is 10.0. The van der Waals surface area contributed by atoms with Gasteiger partial charge in [0, 0.05) is 6.54 Å². The summed E-state index contributed by atoms with van der Waals surface area (Å²) in [5.74, 6) is 0. The van der Waals surface area contributed by atoms with Crippen molar-refractivity contribution in [2.75, 3.05) is 20.1 Å². The molecule has 2 heteroatoms. The fourth-order valence-corrected chi connectivity index (χ4v) is 1.71. The molecule has 1 rings (SSSR count). The maximum Gasteiger partial charge on any atom is 0.0705 e. The summed E-state index contributed by atoms with van der Waals surface area (Å²) in [6, 6.07) is 0. The summed E-state index contributed by atoms with van der Waals surface area (Å²) in [7, 11) is 2.16. The Balaban J connectivity index is 2.22. The zero-order valence-electron chi connectivity index (χ0n) is 8.55. The zero-order valence-corrected chi connectivity index (χ0v) is 8.55. The van der Waals surface area contributed by atoms with Crippen molar-refractivity contribution >= 4 is 0 Å². The van der Waals surface area contributed by atoms with Gasteiger partial charge < -0.3 is 9.64 Å². The molecule has 0 aromatic carbocycles. The Kier molecular flexibility index (Phi) is 4.02. The van der Waals surface area contributed by atoms with Crippen molar-refractivity contribution in [1.29, 1.82) is 0 Å². The normalized spacial score (nSPS) is 31.0. The lowest BCUT2D eigenvalue weighted by molar-refractivity contribution is -0.0507. The summed E-state index contributed by atoms with van der Waals surface area (Å²) in [6.45, 7) is 6.58. The molecule has 0 aromatic heterocycles. The van der Waals surface area contributed by atoms with E-state index >= 15 is 0 Å². The summed E-state index contributed by atoms with van der Waals surface area (Å²) >= 11 is 0.